The first-order valence-corrected chi connectivity index (χ1v) is 8.08. The van der Waals surface area contributed by atoms with E-state index in [2.05, 4.69) is 5.10 Å². The smallest absolute Gasteiger partial charge is 0.274 e. The third kappa shape index (κ3) is 3.83. The van der Waals surface area contributed by atoms with E-state index in [-0.39, 0.29) is 35.7 Å². The molecule has 1 fully saturated rings. The van der Waals surface area contributed by atoms with Gasteiger partial charge in [-0.15, -0.1) is 12.4 Å². The summed E-state index contributed by atoms with van der Waals surface area (Å²) in [6.07, 6.45) is 2.91. The summed E-state index contributed by atoms with van der Waals surface area (Å²) in [6, 6.07) is 10.6. The van der Waals surface area contributed by atoms with E-state index in [0.29, 0.717) is 18.8 Å². The predicted molar refractivity (Wildman–Crippen MR) is 97.1 cm³/mol. The zero-order valence-electron chi connectivity index (χ0n) is 13.8. The van der Waals surface area contributed by atoms with E-state index in [0.717, 1.165) is 19.3 Å². The zero-order valence-corrected chi connectivity index (χ0v) is 14.6. The first-order valence-electron chi connectivity index (χ1n) is 8.08. The van der Waals surface area contributed by atoms with Crippen molar-refractivity contribution in [2.75, 3.05) is 13.1 Å². The number of rotatable bonds is 4. The average molecular weight is 364 g/mol. The van der Waals surface area contributed by atoms with E-state index in [1.807, 2.05) is 18.2 Å². The van der Waals surface area contributed by atoms with Crippen molar-refractivity contribution >= 4 is 24.2 Å². The fourth-order valence-corrected chi connectivity index (χ4v) is 3.09. The molecule has 3 rings (SSSR count). The molecular weight excluding hydrogens is 342 g/mol. The molecule has 1 aromatic heterocycles. The van der Waals surface area contributed by atoms with Gasteiger partial charge in [-0.1, -0.05) is 18.2 Å². The van der Waals surface area contributed by atoms with Gasteiger partial charge in [-0.05, 0) is 31.4 Å². The van der Waals surface area contributed by atoms with Gasteiger partial charge in [0.15, 0.2) is 5.69 Å². The van der Waals surface area contributed by atoms with E-state index in [1.54, 1.807) is 17.0 Å². The summed E-state index contributed by atoms with van der Waals surface area (Å²) in [5.74, 6) is -0.832. The number of likely N-dealkylation sites (tertiary alicyclic amines) is 1. The summed E-state index contributed by atoms with van der Waals surface area (Å²) < 4.78 is 1.41. The van der Waals surface area contributed by atoms with Crippen molar-refractivity contribution in [2.45, 2.75) is 25.3 Å². The number of nitrogens with zero attached hydrogens (tertiary/aromatic N) is 3. The highest BCUT2D eigenvalue weighted by Crippen LogP contribution is 2.20. The van der Waals surface area contributed by atoms with Crippen molar-refractivity contribution in [3.8, 4) is 5.69 Å². The van der Waals surface area contributed by atoms with Crippen LogP contribution in [0.15, 0.2) is 36.4 Å². The number of amides is 2. The van der Waals surface area contributed by atoms with Crippen LogP contribution in [0.2, 0.25) is 0 Å². The summed E-state index contributed by atoms with van der Waals surface area (Å²) in [5.41, 5.74) is 12.3. The monoisotopic (exact) mass is 363 g/mol. The second-order valence-corrected chi connectivity index (χ2v) is 5.91. The maximum atomic E-state index is 12.8. The van der Waals surface area contributed by atoms with Gasteiger partial charge in [0.2, 0.25) is 0 Å². The number of nitrogens with two attached hydrogens (primary N) is 2. The number of aromatic nitrogens is 2. The van der Waals surface area contributed by atoms with Crippen LogP contribution in [0.4, 0.5) is 0 Å². The van der Waals surface area contributed by atoms with E-state index < -0.39 is 5.91 Å². The molecule has 7 nitrogen and oxygen atoms in total. The van der Waals surface area contributed by atoms with Gasteiger partial charge in [-0.2, -0.15) is 5.10 Å². The molecule has 134 valence electrons. The van der Waals surface area contributed by atoms with Gasteiger partial charge in [0.1, 0.15) is 5.69 Å². The number of halogens is 1. The normalized spacial score (nSPS) is 17.0. The maximum absolute atomic E-state index is 12.8. The Morgan fingerprint density at radius 2 is 1.92 bits per heavy atom. The molecule has 4 N–H and O–H groups in total. The lowest BCUT2D eigenvalue weighted by molar-refractivity contribution is 0.0616. The molecule has 25 heavy (non-hydrogen) atoms. The Morgan fingerprint density at radius 1 is 1.20 bits per heavy atom. The van der Waals surface area contributed by atoms with Gasteiger partial charge in [-0.3, -0.25) is 9.59 Å². The minimum absolute atomic E-state index is 0. The number of benzene rings is 1. The van der Waals surface area contributed by atoms with Crippen LogP contribution in [0.25, 0.3) is 5.69 Å². The van der Waals surface area contributed by atoms with Crippen LogP contribution >= 0.6 is 12.4 Å². The van der Waals surface area contributed by atoms with Crippen molar-refractivity contribution in [1.82, 2.24) is 14.7 Å². The maximum Gasteiger partial charge on any atom is 0.274 e. The van der Waals surface area contributed by atoms with Crippen LogP contribution in [-0.2, 0) is 0 Å². The van der Waals surface area contributed by atoms with E-state index in [9.17, 15) is 9.59 Å². The van der Waals surface area contributed by atoms with Crippen LogP contribution < -0.4 is 11.5 Å². The lowest BCUT2D eigenvalue weighted by Crippen LogP contribution is -2.47. The average Bonchev–Trinajstić information content (AvgIpc) is 3.07. The molecule has 0 aliphatic carbocycles. The second kappa shape index (κ2) is 8.13. The Balaban J connectivity index is 0.00000225. The topological polar surface area (TPSA) is 107 Å². The number of piperidine rings is 1. The van der Waals surface area contributed by atoms with Crippen LogP contribution in [-0.4, -0.2) is 45.6 Å². The molecule has 0 bridgehead atoms. The van der Waals surface area contributed by atoms with Gasteiger partial charge in [0.25, 0.3) is 11.8 Å². The Labute approximate surface area is 152 Å². The highest BCUT2D eigenvalue weighted by atomic mass is 35.5. The number of hydrogen-bond acceptors (Lipinski definition) is 4. The minimum Gasteiger partial charge on any atom is -0.364 e. The Bertz CT molecular complexity index is 747. The number of para-hydroxylation sites is 1. The first-order chi connectivity index (χ1) is 11.6. The zero-order chi connectivity index (χ0) is 17.1. The Hall–Kier alpha value is -2.38. The van der Waals surface area contributed by atoms with Gasteiger partial charge in [0, 0.05) is 25.2 Å². The molecule has 0 saturated carbocycles. The van der Waals surface area contributed by atoms with Crippen LogP contribution in [0.5, 0.6) is 0 Å². The third-order valence-corrected chi connectivity index (χ3v) is 4.34. The van der Waals surface area contributed by atoms with Crippen molar-refractivity contribution in [3.05, 3.63) is 47.8 Å². The Kier molecular flexibility index (Phi) is 6.17. The van der Waals surface area contributed by atoms with Crippen LogP contribution in [0.3, 0.4) is 0 Å². The lowest BCUT2D eigenvalue weighted by Gasteiger charge is -2.34. The molecule has 0 radical (unpaired) electrons. The molecule has 1 saturated heterocycles. The predicted octanol–water partition coefficient (Wildman–Crippen LogP) is 1.35. The van der Waals surface area contributed by atoms with Crippen molar-refractivity contribution in [3.63, 3.8) is 0 Å². The SMILES string of the molecule is Cl.NCC1CCCCN1C(=O)c1cc(C(N)=O)n(-c2ccccc2)n1. The molecule has 1 unspecified atom stereocenters. The highest BCUT2D eigenvalue weighted by Gasteiger charge is 2.29. The van der Waals surface area contributed by atoms with Gasteiger partial charge in [0.05, 0.1) is 5.69 Å². The molecular formula is C17H22ClN5O2. The van der Waals surface area contributed by atoms with Crippen molar-refractivity contribution in [2.24, 2.45) is 11.5 Å². The van der Waals surface area contributed by atoms with Gasteiger partial charge in [-0.25, -0.2) is 4.68 Å². The molecule has 2 aromatic rings. The summed E-state index contributed by atoms with van der Waals surface area (Å²) in [5, 5.41) is 4.33. The quantitative estimate of drug-likeness (QED) is 0.854. The number of hydrogen-bond donors (Lipinski definition) is 2. The number of carbonyl (C=O) groups is 2. The van der Waals surface area contributed by atoms with Crippen LogP contribution in [0.1, 0.15) is 40.2 Å². The van der Waals surface area contributed by atoms with Crippen molar-refractivity contribution in [1.29, 1.82) is 0 Å². The molecule has 2 amide bonds. The van der Waals surface area contributed by atoms with Crippen molar-refractivity contribution < 1.29 is 9.59 Å². The fourth-order valence-electron chi connectivity index (χ4n) is 3.09. The largest absolute Gasteiger partial charge is 0.364 e. The van der Waals surface area contributed by atoms with Gasteiger partial charge >= 0.3 is 0 Å². The summed E-state index contributed by atoms with van der Waals surface area (Å²) in [7, 11) is 0. The molecule has 1 aliphatic rings. The number of carbonyl (C=O) groups excluding carboxylic acids is 2. The van der Waals surface area contributed by atoms with E-state index in [4.69, 9.17) is 11.5 Å². The standard InChI is InChI=1S/C17H21N5O2.ClH/c18-11-13-8-4-5-9-21(13)17(24)14-10-15(16(19)23)22(20-14)12-6-2-1-3-7-12;/h1-3,6-7,10,13H,4-5,8-9,11,18H2,(H2,19,23);1H. The van der Waals surface area contributed by atoms with E-state index >= 15 is 0 Å². The summed E-state index contributed by atoms with van der Waals surface area (Å²) >= 11 is 0. The second-order valence-electron chi connectivity index (χ2n) is 5.91. The van der Waals surface area contributed by atoms with Crippen LogP contribution in [0, 0.1) is 0 Å². The molecule has 2 heterocycles. The Morgan fingerprint density at radius 3 is 2.56 bits per heavy atom. The molecule has 0 spiro atoms. The van der Waals surface area contributed by atoms with E-state index in [1.165, 1.54) is 10.7 Å². The molecule has 1 aliphatic heterocycles. The molecule has 1 aromatic carbocycles. The summed E-state index contributed by atoms with van der Waals surface area (Å²) in [4.78, 5) is 26.3. The molecule has 1 atom stereocenters. The highest BCUT2D eigenvalue weighted by molar-refractivity contribution is 5.97. The fraction of sp³-hybridized carbons (Fsp3) is 0.353. The number of primary amides is 1. The lowest BCUT2D eigenvalue weighted by atomic mass is 10.0. The minimum atomic E-state index is -0.626. The third-order valence-electron chi connectivity index (χ3n) is 4.34. The first kappa shape index (κ1) is 19.0. The summed E-state index contributed by atoms with van der Waals surface area (Å²) in [6.45, 7) is 1.08. The van der Waals surface area contributed by atoms with Gasteiger partial charge < -0.3 is 16.4 Å². The molecule has 8 heteroatoms.